The molecule has 2 atom stereocenters. The van der Waals surface area contributed by atoms with Crippen molar-refractivity contribution >= 4 is 11.9 Å². The molecule has 0 radical (unpaired) electrons. The molecule has 0 aliphatic heterocycles. The van der Waals surface area contributed by atoms with Crippen LogP contribution in [0, 0.1) is 0 Å². The van der Waals surface area contributed by atoms with Gasteiger partial charge in [-0.1, -0.05) is 314 Å². The van der Waals surface area contributed by atoms with Crippen LogP contribution in [0.25, 0.3) is 0 Å². The molecule has 6 nitrogen and oxygen atoms in total. The van der Waals surface area contributed by atoms with Crippen LogP contribution in [0.3, 0.4) is 0 Å². The molecule has 0 aromatic heterocycles. The quantitative estimate of drug-likeness (QED) is 0.0320. The Morgan fingerprint density at radius 2 is 0.653 bits per heavy atom. The highest BCUT2D eigenvalue weighted by molar-refractivity contribution is 5.76. The van der Waals surface area contributed by atoms with E-state index in [1.54, 1.807) is 6.08 Å². The smallest absolute Gasteiger partial charge is 0.305 e. The van der Waals surface area contributed by atoms with Gasteiger partial charge in [-0.3, -0.25) is 9.59 Å². The standard InChI is InChI=1S/C66H127NO5/c1-3-5-7-9-11-13-15-16-17-29-33-36-40-44-48-52-56-60-66(71)72-61-57-53-49-45-41-37-34-31-28-26-24-22-20-18-19-21-23-25-27-30-32-35-39-43-47-51-55-59-65(70)67-63(62-68)64(69)58-54-50-46-42-38-14-12-10-8-6-4-2/h16-17,54,58,63-64,68-69H,3-15,18-53,55-57,59-62H2,1-2H3,(H,67,70)/b17-16-,58-54+. The lowest BCUT2D eigenvalue weighted by molar-refractivity contribution is -0.143. The maximum absolute atomic E-state index is 12.4. The third-order valence-electron chi connectivity index (χ3n) is 15.2. The number of carbonyl (C=O) groups is 2. The van der Waals surface area contributed by atoms with Gasteiger partial charge < -0.3 is 20.3 Å². The molecular weight excluding hydrogens is 887 g/mol. The zero-order valence-electron chi connectivity index (χ0n) is 48.7. The SMILES string of the molecule is CCCCCCCC/C=C\CCCCCCCCCC(=O)OCCCCCCCCCCCCCCCCCCCCCCCCCCCCCC(=O)NC(CO)C(O)/C=C/CCCCCCCCCCC. The van der Waals surface area contributed by atoms with Crippen LogP contribution < -0.4 is 5.32 Å². The summed E-state index contributed by atoms with van der Waals surface area (Å²) in [5, 5.41) is 23.0. The predicted molar refractivity (Wildman–Crippen MR) is 315 cm³/mol. The summed E-state index contributed by atoms with van der Waals surface area (Å²) in [5.74, 6) is -0.0506. The van der Waals surface area contributed by atoms with Gasteiger partial charge in [0.25, 0.3) is 0 Å². The van der Waals surface area contributed by atoms with Crippen molar-refractivity contribution in [1.29, 1.82) is 0 Å². The van der Waals surface area contributed by atoms with Gasteiger partial charge in [-0.25, -0.2) is 0 Å². The third kappa shape index (κ3) is 57.6. The molecule has 0 saturated heterocycles. The Morgan fingerprint density at radius 3 is 0.986 bits per heavy atom. The molecular formula is C66H127NO5. The summed E-state index contributed by atoms with van der Waals surface area (Å²) in [6.45, 7) is 4.91. The van der Waals surface area contributed by atoms with Crippen LogP contribution >= 0.6 is 0 Å². The van der Waals surface area contributed by atoms with Crippen molar-refractivity contribution in [2.45, 2.75) is 373 Å². The van der Waals surface area contributed by atoms with Gasteiger partial charge in [-0.2, -0.15) is 0 Å². The van der Waals surface area contributed by atoms with E-state index in [2.05, 4.69) is 31.3 Å². The minimum Gasteiger partial charge on any atom is -0.466 e. The Bertz CT molecular complexity index is 1120. The zero-order valence-corrected chi connectivity index (χ0v) is 48.7. The van der Waals surface area contributed by atoms with Crippen molar-refractivity contribution in [3.63, 3.8) is 0 Å². The van der Waals surface area contributed by atoms with Gasteiger partial charge in [0, 0.05) is 12.8 Å². The van der Waals surface area contributed by atoms with Gasteiger partial charge in [0.1, 0.15) is 0 Å². The third-order valence-corrected chi connectivity index (χ3v) is 15.2. The summed E-state index contributed by atoms with van der Waals surface area (Å²) >= 11 is 0. The minimum atomic E-state index is -0.840. The van der Waals surface area contributed by atoms with Crippen molar-refractivity contribution < 1.29 is 24.5 Å². The first-order valence-electron chi connectivity index (χ1n) is 32.6. The highest BCUT2D eigenvalue weighted by Gasteiger charge is 2.18. The molecule has 0 spiro atoms. The van der Waals surface area contributed by atoms with E-state index in [0.717, 1.165) is 44.9 Å². The molecule has 1 amide bonds. The summed E-state index contributed by atoms with van der Waals surface area (Å²) in [4.78, 5) is 24.5. The number of nitrogens with one attached hydrogen (secondary N) is 1. The Hall–Kier alpha value is -1.66. The fourth-order valence-electron chi connectivity index (χ4n) is 10.2. The van der Waals surface area contributed by atoms with E-state index in [1.807, 2.05) is 6.08 Å². The molecule has 2 unspecified atom stereocenters. The molecule has 0 saturated carbocycles. The van der Waals surface area contributed by atoms with Crippen LogP contribution in [0.2, 0.25) is 0 Å². The number of carbonyl (C=O) groups excluding carboxylic acids is 2. The van der Waals surface area contributed by atoms with Crippen molar-refractivity contribution in [3.8, 4) is 0 Å². The van der Waals surface area contributed by atoms with Crippen LogP contribution in [0.1, 0.15) is 361 Å². The number of unbranched alkanes of at least 4 members (excludes halogenated alkanes) is 48. The first-order chi connectivity index (χ1) is 35.5. The number of aliphatic hydroxyl groups excluding tert-OH is 2. The van der Waals surface area contributed by atoms with E-state index in [1.165, 1.54) is 289 Å². The second kappa shape index (κ2) is 61.9. The Kier molecular flexibility index (Phi) is 60.5. The van der Waals surface area contributed by atoms with Crippen LogP contribution in [0.5, 0.6) is 0 Å². The molecule has 0 bridgehead atoms. The number of hydrogen-bond donors (Lipinski definition) is 3. The number of amides is 1. The van der Waals surface area contributed by atoms with Crippen LogP contribution in [0.15, 0.2) is 24.3 Å². The molecule has 6 heteroatoms. The second-order valence-electron chi connectivity index (χ2n) is 22.5. The van der Waals surface area contributed by atoms with Crippen molar-refractivity contribution in [2.24, 2.45) is 0 Å². The highest BCUT2D eigenvalue weighted by Crippen LogP contribution is 2.18. The molecule has 0 aromatic carbocycles. The van der Waals surface area contributed by atoms with Gasteiger partial charge in [-0.05, 0) is 57.8 Å². The van der Waals surface area contributed by atoms with Gasteiger partial charge in [0.2, 0.25) is 5.91 Å². The maximum atomic E-state index is 12.4. The van der Waals surface area contributed by atoms with Gasteiger partial charge in [-0.15, -0.1) is 0 Å². The fourth-order valence-corrected chi connectivity index (χ4v) is 10.2. The summed E-state index contributed by atoms with van der Waals surface area (Å²) < 4.78 is 5.50. The molecule has 0 aliphatic carbocycles. The molecule has 3 N–H and O–H groups in total. The molecule has 426 valence electrons. The molecule has 0 aliphatic rings. The first kappa shape index (κ1) is 70.3. The summed E-state index contributed by atoms with van der Waals surface area (Å²) in [6, 6.07) is -0.624. The van der Waals surface area contributed by atoms with Crippen LogP contribution in [-0.4, -0.2) is 47.4 Å². The van der Waals surface area contributed by atoms with Gasteiger partial charge in [0.05, 0.1) is 25.4 Å². The lowest BCUT2D eigenvalue weighted by atomic mass is 10.0. The van der Waals surface area contributed by atoms with E-state index < -0.39 is 12.1 Å². The largest absolute Gasteiger partial charge is 0.466 e. The fraction of sp³-hybridized carbons (Fsp3) is 0.909. The average molecular weight is 1010 g/mol. The number of ether oxygens (including phenoxy) is 1. The first-order valence-corrected chi connectivity index (χ1v) is 32.6. The summed E-state index contributed by atoms with van der Waals surface area (Å²) in [5.41, 5.74) is 0. The summed E-state index contributed by atoms with van der Waals surface area (Å²) in [6.07, 6.45) is 76.7. The normalized spacial score (nSPS) is 12.7. The van der Waals surface area contributed by atoms with Crippen LogP contribution in [0.4, 0.5) is 0 Å². The number of esters is 1. The highest BCUT2D eigenvalue weighted by atomic mass is 16.5. The topological polar surface area (TPSA) is 95.9 Å². The summed E-state index contributed by atoms with van der Waals surface area (Å²) in [7, 11) is 0. The second-order valence-corrected chi connectivity index (χ2v) is 22.5. The van der Waals surface area contributed by atoms with Crippen molar-refractivity contribution in [2.75, 3.05) is 13.2 Å². The van der Waals surface area contributed by atoms with Crippen LogP contribution in [-0.2, 0) is 14.3 Å². The Balaban J connectivity index is 3.33. The van der Waals surface area contributed by atoms with E-state index in [0.29, 0.717) is 19.4 Å². The van der Waals surface area contributed by atoms with Gasteiger partial charge in [0.15, 0.2) is 0 Å². The lowest BCUT2D eigenvalue weighted by Crippen LogP contribution is -2.45. The number of allylic oxidation sites excluding steroid dienone is 3. The van der Waals surface area contributed by atoms with E-state index in [4.69, 9.17) is 4.74 Å². The molecule has 0 aromatic rings. The predicted octanol–water partition coefficient (Wildman–Crippen LogP) is 20.6. The molecule has 0 heterocycles. The Morgan fingerprint density at radius 1 is 0.375 bits per heavy atom. The van der Waals surface area contributed by atoms with E-state index in [9.17, 15) is 19.8 Å². The lowest BCUT2D eigenvalue weighted by Gasteiger charge is -2.20. The van der Waals surface area contributed by atoms with E-state index >= 15 is 0 Å². The van der Waals surface area contributed by atoms with Crippen molar-refractivity contribution in [3.05, 3.63) is 24.3 Å². The molecule has 72 heavy (non-hydrogen) atoms. The zero-order chi connectivity index (χ0) is 52.2. The minimum absolute atomic E-state index is 0.0147. The average Bonchev–Trinajstić information content (AvgIpc) is 3.38. The number of hydrogen-bond acceptors (Lipinski definition) is 5. The number of rotatable bonds is 61. The Labute approximate surface area is 450 Å². The van der Waals surface area contributed by atoms with Gasteiger partial charge >= 0.3 is 5.97 Å². The monoisotopic (exact) mass is 1010 g/mol. The van der Waals surface area contributed by atoms with E-state index in [-0.39, 0.29) is 18.5 Å². The van der Waals surface area contributed by atoms with Crippen molar-refractivity contribution in [1.82, 2.24) is 5.32 Å². The molecule has 0 rings (SSSR count). The number of aliphatic hydroxyl groups is 2. The maximum Gasteiger partial charge on any atom is 0.305 e. The molecule has 0 fully saturated rings.